The smallest absolute Gasteiger partial charge is 0.289 e. The van der Waals surface area contributed by atoms with Crippen LogP contribution in [0.4, 0.5) is 5.69 Å². The molecule has 0 radical (unpaired) electrons. The van der Waals surface area contributed by atoms with E-state index in [9.17, 15) is 18.5 Å². The second-order valence-electron chi connectivity index (χ2n) is 6.22. The van der Waals surface area contributed by atoms with Crippen LogP contribution in [0.5, 0.6) is 0 Å². The Labute approximate surface area is 142 Å². The Kier molecular flexibility index (Phi) is 6.27. The number of morpholine rings is 1. The minimum Gasteiger partial charge on any atom is -0.374 e. The summed E-state index contributed by atoms with van der Waals surface area (Å²) in [6.45, 7) is 7.27. The van der Waals surface area contributed by atoms with E-state index in [1.807, 2.05) is 0 Å². The average molecular weight is 357 g/mol. The lowest BCUT2D eigenvalue weighted by Gasteiger charge is -2.33. The van der Waals surface area contributed by atoms with Crippen LogP contribution in [0.3, 0.4) is 0 Å². The quantitative estimate of drug-likeness (QED) is 0.582. The van der Waals surface area contributed by atoms with Gasteiger partial charge in [-0.15, -0.1) is 0 Å². The highest BCUT2D eigenvalue weighted by atomic mass is 32.2. The van der Waals surface area contributed by atoms with Gasteiger partial charge in [0.05, 0.1) is 17.6 Å². The Hall–Kier alpha value is -1.55. The highest BCUT2D eigenvalue weighted by molar-refractivity contribution is 7.89. The Morgan fingerprint density at radius 2 is 2.12 bits per heavy atom. The van der Waals surface area contributed by atoms with Gasteiger partial charge >= 0.3 is 0 Å². The first-order valence-corrected chi connectivity index (χ1v) is 9.35. The number of nitrogens with one attached hydrogen (secondary N) is 1. The van der Waals surface area contributed by atoms with Crippen LogP contribution in [0.2, 0.25) is 0 Å². The molecule has 8 nitrogen and oxygen atoms in total. The molecule has 1 N–H and O–H groups in total. The average Bonchev–Trinajstić information content (AvgIpc) is 2.53. The minimum absolute atomic E-state index is 0.0863. The molecule has 1 atom stereocenters. The summed E-state index contributed by atoms with van der Waals surface area (Å²) < 4.78 is 32.8. The number of rotatable bonds is 7. The van der Waals surface area contributed by atoms with Crippen LogP contribution in [0.15, 0.2) is 29.2 Å². The van der Waals surface area contributed by atoms with E-state index < -0.39 is 20.6 Å². The first kappa shape index (κ1) is 18.8. The van der Waals surface area contributed by atoms with Crippen molar-refractivity contribution in [3.05, 3.63) is 34.4 Å². The molecule has 1 aliphatic rings. The summed E-state index contributed by atoms with van der Waals surface area (Å²) in [6.07, 6.45) is -0.268. The molecule has 1 heterocycles. The number of nitro benzene ring substituents is 1. The molecule has 1 fully saturated rings. The predicted octanol–water partition coefficient (Wildman–Crippen LogP) is 1.23. The molecule has 0 saturated carbocycles. The van der Waals surface area contributed by atoms with Gasteiger partial charge in [-0.3, -0.25) is 15.0 Å². The topological polar surface area (TPSA) is 102 Å². The van der Waals surface area contributed by atoms with Gasteiger partial charge in [0.1, 0.15) is 0 Å². The highest BCUT2D eigenvalue weighted by Gasteiger charge is 2.27. The van der Waals surface area contributed by atoms with Gasteiger partial charge in [-0.05, 0) is 12.0 Å². The van der Waals surface area contributed by atoms with E-state index in [2.05, 4.69) is 23.5 Å². The van der Waals surface area contributed by atoms with Crippen molar-refractivity contribution in [2.45, 2.75) is 24.8 Å². The van der Waals surface area contributed by atoms with Crippen molar-refractivity contribution in [1.29, 1.82) is 0 Å². The summed E-state index contributed by atoms with van der Waals surface area (Å²) in [5.41, 5.74) is -0.434. The molecule has 0 bridgehead atoms. The van der Waals surface area contributed by atoms with E-state index in [1.54, 1.807) is 0 Å². The van der Waals surface area contributed by atoms with Crippen LogP contribution in [-0.2, 0) is 14.8 Å². The zero-order valence-electron chi connectivity index (χ0n) is 13.8. The summed E-state index contributed by atoms with van der Waals surface area (Å²) in [4.78, 5) is 12.2. The fraction of sp³-hybridized carbons (Fsp3) is 0.600. The predicted molar refractivity (Wildman–Crippen MR) is 89.3 cm³/mol. The third-order valence-electron chi connectivity index (χ3n) is 3.70. The van der Waals surface area contributed by atoms with Crippen molar-refractivity contribution >= 4 is 15.7 Å². The Morgan fingerprint density at radius 3 is 2.79 bits per heavy atom. The van der Waals surface area contributed by atoms with Gasteiger partial charge in [0.2, 0.25) is 10.0 Å². The summed E-state index contributed by atoms with van der Waals surface area (Å²) >= 11 is 0. The number of benzene rings is 1. The maximum Gasteiger partial charge on any atom is 0.289 e. The third-order valence-corrected chi connectivity index (χ3v) is 5.17. The van der Waals surface area contributed by atoms with E-state index in [1.165, 1.54) is 24.3 Å². The molecule has 0 spiro atoms. The Bertz CT molecular complexity index is 677. The maximum atomic E-state index is 12.4. The number of para-hydroxylation sites is 1. The Morgan fingerprint density at radius 1 is 1.42 bits per heavy atom. The monoisotopic (exact) mass is 357 g/mol. The second kappa shape index (κ2) is 8.02. The van der Waals surface area contributed by atoms with E-state index in [0.29, 0.717) is 19.1 Å². The lowest BCUT2D eigenvalue weighted by atomic mass is 10.2. The van der Waals surface area contributed by atoms with Crippen LogP contribution in [-0.4, -0.2) is 57.1 Å². The zero-order chi connectivity index (χ0) is 17.7. The molecule has 1 saturated heterocycles. The van der Waals surface area contributed by atoms with Gasteiger partial charge in [0.25, 0.3) is 5.69 Å². The molecular weight excluding hydrogens is 334 g/mol. The van der Waals surface area contributed by atoms with Gasteiger partial charge in [0, 0.05) is 32.2 Å². The summed E-state index contributed by atoms with van der Waals surface area (Å²) in [6, 6.07) is 5.30. The molecule has 2 rings (SSSR count). The molecule has 9 heteroatoms. The van der Waals surface area contributed by atoms with Crippen molar-refractivity contribution in [2.24, 2.45) is 5.92 Å². The third kappa shape index (κ3) is 4.97. The number of hydrogen-bond acceptors (Lipinski definition) is 6. The van der Waals surface area contributed by atoms with Crippen molar-refractivity contribution in [1.82, 2.24) is 9.62 Å². The highest BCUT2D eigenvalue weighted by Crippen LogP contribution is 2.22. The molecule has 1 unspecified atom stereocenters. The van der Waals surface area contributed by atoms with Crippen LogP contribution >= 0.6 is 0 Å². The van der Waals surface area contributed by atoms with Crippen LogP contribution in [0.1, 0.15) is 13.8 Å². The first-order valence-electron chi connectivity index (χ1n) is 7.86. The lowest BCUT2D eigenvalue weighted by Crippen LogP contribution is -2.48. The molecule has 0 aliphatic carbocycles. The van der Waals surface area contributed by atoms with Crippen molar-refractivity contribution in [3.63, 3.8) is 0 Å². The van der Waals surface area contributed by atoms with Gasteiger partial charge in [0.15, 0.2) is 4.90 Å². The maximum absolute atomic E-state index is 12.4. The van der Waals surface area contributed by atoms with Gasteiger partial charge < -0.3 is 4.74 Å². The second-order valence-corrected chi connectivity index (χ2v) is 7.96. The largest absolute Gasteiger partial charge is 0.374 e. The zero-order valence-corrected chi connectivity index (χ0v) is 14.7. The normalized spacial score (nSPS) is 19.5. The Balaban J connectivity index is 2.02. The van der Waals surface area contributed by atoms with E-state index in [-0.39, 0.29) is 17.5 Å². The summed E-state index contributed by atoms with van der Waals surface area (Å²) in [5, 5.41) is 11.0. The molecular formula is C15H23N3O5S. The van der Waals surface area contributed by atoms with Gasteiger partial charge in [-0.2, -0.15) is 0 Å². The van der Waals surface area contributed by atoms with Crippen LogP contribution < -0.4 is 4.72 Å². The number of nitrogens with zero attached hydrogens (tertiary/aromatic N) is 2. The van der Waals surface area contributed by atoms with Gasteiger partial charge in [-0.1, -0.05) is 26.0 Å². The minimum atomic E-state index is -3.97. The molecule has 0 aromatic heterocycles. The summed E-state index contributed by atoms with van der Waals surface area (Å²) in [5.74, 6) is 0.521. The molecule has 1 aromatic rings. The lowest BCUT2D eigenvalue weighted by molar-refractivity contribution is -0.387. The van der Waals surface area contributed by atoms with Crippen molar-refractivity contribution in [3.8, 4) is 0 Å². The summed E-state index contributed by atoms with van der Waals surface area (Å²) in [7, 11) is -3.97. The number of sulfonamides is 1. The van der Waals surface area contributed by atoms with E-state index in [4.69, 9.17) is 4.74 Å². The molecule has 1 aliphatic heterocycles. The fourth-order valence-electron chi connectivity index (χ4n) is 2.70. The van der Waals surface area contributed by atoms with Crippen LogP contribution in [0.25, 0.3) is 0 Å². The number of nitro groups is 1. The molecule has 134 valence electrons. The van der Waals surface area contributed by atoms with Gasteiger partial charge in [-0.25, -0.2) is 13.1 Å². The molecule has 1 aromatic carbocycles. The van der Waals surface area contributed by atoms with Crippen molar-refractivity contribution in [2.75, 3.05) is 32.8 Å². The SMILES string of the molecule is CC(C)CN1CCOC(CNS(=O)(=O)c2ccccc2[N+](=O)[O-])C1. The fourth-order valence-corrected chi connectivity index (χ4v) is 3.94. The standard InChI is InChI=1S/C15H23N3O5S/c1-12(2)10-17-7-8-23-13(11-17)9-16-24(21,22)15-6-4-3-5-14(15)18(19)20/h3-6,12-13,16H,7-11H2,1-2H3. The number of hydrogen-bond donors (Lipinski definition) is 1. The van der Waals surface area contributed by atoms with E-state index in [0.717, 1.165) is 13.1 Å². The molecule has 24 heavy (non-hydrogen) atoms. The number of ether oxygens (including phenoxy) is 1. The van der Waals surface area contributed by atoms with E-state index >= 15 is 0 Å². The molecule has 0 amide bonds. The van der Waals surface area contributed by atoms with Crippen LogP contribution in [0, 0.1) is 16.0 Å². The first-order chi connectivity index (χ1) is 11.3. The van der Waals surface area contributed by atoms with Crippen molar-refractivity contribution < 1.29 is 18.1 Å².